The summed E-state index contributed by atoms with van der Waals surface area (Å²) in [6, 6.07) is 30.5. The molecule has 2 aromatic heterocycles. The number of methoxy groups -OCH3 is 1. The van der Waals surface area contributed by atoms with Crippen LogP contribution in [0.25, 0.3) is 44.0 Å². The first-order valence-corrected chi connectivity index (χ1v) is 10.9. The maximum Gasteiger partial charge on any atom is 0.228 e. The Balaban J connectivity index is 1.64. The van der Waals surface area contributed by atoms with Gasteiger partial charge in [0, 0.05) is 21.7 Å². The molecule has 0 unspecified atom stereocenters. The zero-order valence-electron chi connectivity index (χ0n) is 18.1. The number of benzene rings is 4. The molecule has 0 aliphatic carbocycles. The van der Waals surface area contributed by atoms with Gasteiger partial charge in [0.25, 0.3) is 0 Å². The van der Waals surface area contributed by atoms with Crippen molar-refractivity contribution in [2.45, 2.75) is 6.61 Å². The van der Waals surface area contributed by atoms with E-state index in [9.17, 15) is 0 Å². The second-order valence-electron chi connectivity index (χ2n) is 7.92. The van der Waals surface area contributed by atoms with Gasteiger partial charge < -0.3 is 13.9 Å². The van der Waals surface area contributed by atoms with Crippen molar-refractivity contribution >= 4 is 32.8 Å². The third-order valence-corrected chi connectivity index (χ3v) is 5.95. The van der Waals surface area contributed by atoms with Crippen LogP contribution in [0.3, 0.4) is 0 Å². The first-order valence-electron chi connectivity index (χ1n) is 10.9. The third kappa shape index (κ3) is 3.28. The summed E-state index contributed by atoms with van der Waals surface area (Å²) in [5.41, 5.74) is 4.48. The van der Waals surface area contributed by atoms with Crippen LogP contribution in [0.1, 0.15) is 5.56 Å². The predicted molar refractivity (Wildman–Crippen MR) is 132 cm³/mol. The molecule has 160 valence electrons. The number of furan rings is 1. The van der Waals surface area contributed by atoms with Crippen LogP contribution in [0.5, 0.6) is 11.5 Å². The third-order valence-electron chi connectivity index (χ3n) is 5.95. The number of ether oxygens (including phenoxy) is 2. The molecule has 4 heteroatoms. The molecule has 0 amide bonds. The summed E-state index contributed by atoms with van der Waals surface area (Å²) < 4.78 is 18.4. The van der Waals surface area contributed by atoms with Crippen molar-refractivity contribution < 1.29 is 13.9 Å². The number of hydrogen-bond acceptors (Lipinski definition) is 4. The minimum absolute atomic E-state index is 0.454. The van der Waals surface area contributed by atoms with Gasteiger partial charge >= 0.3 is 0 Å². The van der Waals surface area contributed by atoms with Crippen LogP contribution in [-0.2, 0) is 6.61 Å². The molecule has 4 aromatic carbocycles. The summed E-state index contributed by atoms with van der Waals surface area (Å²) in [5.74, 6) is 1.52. The zero-order valence-corrected chi connectivity index (χ0v) is 18.1. The first kappa shape index (κ1) is 19.4. The van der Waals surface area contributed by atoms with Gasteiger partial charge in [0.05, 0.1) is 18.7 Å². The fraction of sp³-hybridized carbons (Fsp3) is 0.0690. The van der Waals surface area contributed by atoms with E-state index < -0.39 is 0 Å². The van der Waals surface area contributed by atoms with E-state index in [4.69, 9.17) is 13.9 Å². The van der Waals surface area contributed by atoms with Crippen LogP contribution in [0.2, 0.25) is 0 Å². The van der Waals surface area contributed by atoms with Crippen molar-refractivity contribution in [3.8, 4) is 22.6 Å². The Morgan fingerprint density at radius 3 is 2.21 bits per heavy atom. The number of nitrogens with zero attached hydrogens (tertiary/aromatic N) is 1. The van der Waals surface area contributed by atoms with Gasteiger partial charge in [-0.05, 0) is 17.2 Å². The molecule has 0 saturated carbocycles. The molecule has 0 spiro atoms. The van der Waals surface area contributed by atoms with Crippen LogP contribution in [-0.4, -0.2) is 12.1 Å². The second kappa shape index (κ2) is 7.99. The van der Waals surface area contributed by atoms with Crippen molar-refractivity contribution in [2.24, 2.45) is 0 Å². The lowest BCUT2D eigenvalue weighted by molar-refractivity contribution is 0.306. The molecular weight excluding hydrogens is 410 g/mol. The average Bonchev–Trinajstić information content (AvgIpc) is 3.26. The predicted octanol–water partition coefficient (Wildman–Crippen LogP) is 7.39. The lowest BCUT2D eigenvalue weighted by Crippen LogP contribution is -1.98. The van der Waals surface area contributed by atoms with Crippen molar-refractivity contribution in [3.05, 3.63) is 103 Å². The van der Waals surface area contributed by atoms with Gasteiger partial charge in [-0.3, -0.25) is 0 Å². The molecule has 0 aliphatic heterocycles. The van der Waals surface area contributed by atoms with E-state index in [2.05, 4.69) is 35.3 Å². The normalized spacial score (nSPS) is 11.3. The smallest absolute Gasteiger partial charge is 0.228 e. The zero-order chi connectivity index (χ0) is 22.2. The van der Waals surface area contributed by atoms with E-state index in [0.29, 0.717) is 18.1 Å². The number of pyridine rings is 1. The largest absolute Gasteiger partial charge is 0.496 e. The Bertz CT molecular complexity index is 1590. The van der Waals surface area contributed by atoms with Crippen molar-refractivity contribution in [2.75, 3.05) is 7.11 Å². The van der Waals surface area contributed by atoms with E-state index in [1.807, 2.05) is 60.7 Å². The molecule has 33 heavy (non-hydrogen) atoms. The van der Waals surface area contributed by atoms with Crippen molar-refractivity contribution in [3.63, 3.8) is 0 Å². The van der Waals surface area contributed by atoms with E-state index >= 15 is 0 Å². The van der Waals surface area contributed by atoms with E-state index in [1.54, 1.807) is 13.3 Å². The van der Waals surface area contributed by atoms with E-state index in [0.717, 1.165) is 49.6 Å². The number of fused-ring (bicyclic) bond motifs is 5. The summed E-state index contributed by atoms with van der Waals surface area (Å²) in [4.78, 5) is 4.65. The van der Waals surface area contributed by atoms with Crippen LogP contribution in [0, 0.1) is 0 Å². The summed E-state index contributed by atoms with van der Waals surface area (Å²) in [6.45, 7) is 0.454. The van der Waals surface area contributed by atoms with E-state index in [-0.39, 0.29) is 0 Å². The molecule has 0 aliphatic rings. The van der Waals surface area contributed by atoms with Crippen molar-refractivity contribution in [1.29, 1.82) is 0 Å². The minimum atomic E-state index is 0.454. The van der Waals surface area contributed by atoms with Gasteiger partial charge in [0.15, 0.2) is 0 Å². The molecule has 0 saturated heterocycles. The lowest BCUT2D eigenvalue weighted by Gasteiger charge is -2.13. The van der Waals surface area contributed by atoms with Crippen LogP contribution in [0.4, 0.5) is 0 Å². The highest BCUT2D eigenvalue weighted by molar-refractivity contribution is 6.20. The van der Waals surface area contributed by atoms with Crippen molar-refractivity contribution in [1.82, 2.24) is 4.98 Å². The molecule has 0 radical (unpaired) electrons. The topological polar surface area (TPSA) is 44.5 Å². The molecule has 6 rings (SSSR count). The van der Waals surface area contributed by atoms with Gasteiger partial charge in [-0.2, -0.15) is 0 Å². The SMILES string of the molecule is COc1cc2c(oc3ncc(OCc4ccccc4)c(-c4ccccc4)c32)c2ccccc12. The fourth-order valence-corrected chi connectivity index (χ4v) is 4.42. The standard InChI is InChI=1S/C29H21NO3/c1-31-24-16-23-27-26(20-12-6-3-7-13-20)25(32-18-19-10-4-2-5-11-19)17-30-29(27)33-28(23)22-15-9-8-14-21(22)24/h2-17H,18H2,1H3. The van der Waals surface area contributed by atoms with Gasteiger partial charge in [0.1, 0.15) is 23.7 Å². The molecule has 0 atom stereocenters. The van der Waals surface area contributed by atoms with E-state index in [1.165, 1.54) is 0 Å². The fourth-order valence-electron chi connectivity index (χ4n) is 4.42. The number of hydrogen-bond donors (Lipinski definition) is 0. The Kier molecular flexibility index (Phi) is 4.69. The lowest BCUT2D eigenvalue weighted by atomic mass is 9.98. The van der Waals surface area contributed by atoms with Gasteiger partial charge in [-0.25, -0.2) is 4.98 Å². The number of aromatic nitrogens is 1. The monoisotopic (exact) mass is 431 g/mol. The first-order chi connectivity index (χ1) is 16.3. The maximum atomic E-state index is 6.32. The molecule has 0 fully saturated rings. The maximum absolute atomic E-state index is 6.32. The summed E-state index contributed by atoms with van der Waals surface area (Å²) in [5, 5.41) is 3.88. The average molecular weight is 431 g/mol. The number of rotatable bonds is 5. The Hall–Kier alpha value is -4.31. The Morgan fingerprint density at radius 1 is 0.758 bits per heavy atom. The highest BCUT2D eigenvalue weighted by Gasteiger charge is 2.21. The highest BCUT2D eigenvalue weighted by Crippen LogP contribution is 2.45. The molecule has 6 aromatic rings. The van der Waals surface area contributed by atoms with Gasteiger partial charge in [-0.15, -0.1) is 0 Å². The molecular formula is C29H21NO3. The van der Waals surface area contributed by atoms with Crippen LogP contribution in [0.15, 0.2) is 102 Å². The summed E-state index contributed by atoms with van der Waals surface area (Å²) in [6.07, 6.45) is 1.76. The second-order valence-corrected chi connectivity index (χ2v) is 7.92. The van der Waals surface area contributed by atoms with Crippen LogP contribution < -0.4 is 9.47 Å². The summed E-state index contributed by atoms with van der Waals surface area (Å²) >= 11 is 0. The molecule has 2 heterocycles. The summed E-state index contributed by atoms with van der Waals surface area (Å²) in [7, 11) is 1.70. The molecule has 0 N–H and O–H groups in total. The van der Waals surface area contributed by atoms with Crippen LogP contribution >= 0.6 is 0 Å². The van der Waals surface area contributed by atoms with Gasteiger partial charge in [0.2, 0.25) is 5.71 Å². The molecule has 0 bridgehead atoms. The Morgan fingerprint density at radius 2 is 1.45 bits per heavy atom. The van der Waals surface area contributed by atoms with Gasteiger partial charge in [-0.1, -0.05) is 84.9 Å². The molecule has 4 nitrogen and oxygen atoms in total. The Labute approximate surface area is 191 Å². The minimum Gasteiger partial charge on any atom is -0.496 e. The highest BCUT2D eigenvalue weighted by atomic mass is 16.5. The quantitative estimate of drug-likeness (QED) is 0.285.